The Morgan fingerprint density at radius 2 is 1.66 bits per heavy atom. The standard InChI is InChI=1S/C24H22N2O3/c27-21-8-4-3-7-20(21)26-13-11-25(12-14-26)16-18-15-23(28)29-22-10-9-17-5-1-2-6-19(17)24(18)22/h1-10,15,27H,11-14,16H2. The van der Waals surface area contributed by atoms with Gasteiger partial charge in [-0.15, -0.1) is 0 Å². The molecule has 29 heavy (non-hydrogen) atoms. The number of phenolic OH excluding ortho intramolecular Hbond substituents is 1. The van der Waals surface area contributed by atoms with Gasteiger partial charge in [0.2, 0.25) is 0 Å². The van der Waals surface area contributed by atoms with Crippen LogP contribution in [0.4, 0.5) is 5.69 Å². The predicted octanol–water partition coefficient (Wildman–Crippen LogP) is 3.97. The second-order valence-corrected chi connectivity index (χ2v) is 7.50. The zero-order chi connectivity index (χ0) is 19.8. The van der Waals surface area contributed by atoms with Gasteiger partial charge in [0.15, 0.2) is 0 Å². The van der Waals surface area contributed by atoms with Crippen LogP contribution in [0.25, 0.3) is 21.7 Å². The average Bonchev–Trinajstić information content (AvgIpc) is 2.74. The Balaban J connectivity index is 1.43. The van der Waals surface area contributed by atoms with Crippen molar-refractivity contribution < 1.29 is 9.52 Å². The van der Waals surface area contributed by atoms with Crippen molar-refractivity contribution in [3.63, 3.8) is 0 Å². The maximum atomic E-state index is 12.1. The summed E-state index contributed by atoms with van der Waals surface area (Å²) in [7, 11) is 0. The van der Waals surface area contributed by atoms with Gasteiger partial charge in [0.05, 0.1) is 5.69 Å². The molecule has 5 heteroatoms. The summed E-state index contributed by atoms with van der Waals surface area (Å²) < 4.78 is 5.48. The number of anilines is 1. The molecule has 146 valence electrons. The van der Waals surface area contributed by atoms with E-state index >= 15 is 0 Å². The molecule has 1 N–H and O–H groups in total. The van der Waals surface area contributed by atoms with Gasteiger partial charge in [0.25, 0.3) is 0 Å². The third kappa shape index (κ3) is 3.34. The first-order valence-electron chi connectivity index (χ1n) is 9.89. The Morgan fingerprint density at radius 1 is 0.897 bits per heavy atom. The second-order valence-electron chi connectivity index (χ2n) is 7.50. The molecule has 4 aromatic rings. The molecule has 0 aliphatic carbocycles. The molecule has 3 aromatic carbocycles. The molecule has 5 nitrogen and oxygen atoms in total. The van der Waals surface area contributed by atoms with Gasteiger partial charge in [-0.05, 0) is 34.5 Å². The normalized spacial score (nSPS) is 15.2. The van der Waals surface area contributed by atoms with Crippen molar-refractivity contribution in [1.82, 2.24) is 4.90 Å². The number of benzene rings is 3. The minimum atomic E-state index is -0.310. The van der Waals surface area contributed by atoms with Crippen LogP contribution in [-0.4, -0.2) is 36.2 Å². The van der Waals surface area contributed by atoms with E-state index in [2.05, 4.69) is 21.9 Å². The number of piperazine rings is 1. The lowest BCUT2D eigenvalue weighted by molar-refractivity contribution is 0.249. The van der Waals surface area contributed by atoms with Crippen molar-refractivity contribution in [2.45, 2.75) is 6.54 Å². The first kappa shape index (κ1) is 17.8. The van der Waals surface area contributed by atoms with Crippen molar-refractivity contribution in [2.75, 3.05) is 31.1 Å². The molecule has 0 amide bonds. The minimum absolute atomic E-state index is 0.310. The van der Waals surface area contributed by atoms with Gasteiger partial charge >= 0.3 is 5.63 Å². The van der Waals surface area contributed by atoms with Crippen LogP contribution >= 0.6 is 0 Å². The zero-order valence-electron chi connectivity index (χ0n) is 16.0. The summed E-state index contributed by atoms with van der Waals surface area (Å²) in [5.74, 6) is 0.319. The number of hydrogen-bond donors (Lipinski definition) is 1. The van der Waals surface area contributed by atoms with E-state index in [0.29, 0.717) is 17.9 Å². The maximum Gasteiger partial charge on any atom is 0.336 e. The lowest BCUT2D eigenvalue weighted by Gasteiger charge is -2.36. The highest BCUT2D eigenvalue weighted by Gasteiger charge is 2.20. The summed E-state index contributed by atoms with van der Waals surface area (Å²) >= 11 is 0. The van der Waals surface area contributed by atoms with Crippen LogP contribution in [0.2, 0.25) is 0 Å². The van der Waals surface area contributed by atoms with Crippen molar-refractivity contribution in [2.24, 2.45) is 0 Å². The summed E-state index contributed by atoms with van der Waals surface area (Å²) in [5, 5.41) is 13.4. The molecular formula is C24H22N2O3. The molecule has 1 aliphatic rings. The van der Waals surface area contributed by atoms with E-state index < -0.39 is 0 Å². The number of para-hydroxylation sites is 2. The van der Waals surface area contributed by atoms with Gasteiger partial charge in [-0.3, -0.25) is 4.90 Å². The number of nitrogens with zero attached hydrogens (tertiary/aromatic N) is 2. The van der Waals surface area contributed by atoms with Gasteiger partial charge in [0.1, 0.15) is 11.3 Å². The van der Waals surface area contributed by atoms with E-state index in [4.69, 9.17) is 4.42 Å². The molecule has 0 radical (unpaired) electrons. The largest absolute Gasteiger partial charge is 0.506 e. The molecule has 1 aromatic heterocycles. The monoisotopic (exact) mass is 386 g/mol. The third-order valence-corrected chi connectivity index (χ3v) is 5.70. The Hall–Kier alpha value is -3.31. The van der Waals surface area contributed by atoms with Crippen molar-refractivity contribution in [3.8, 4) is 5.75 Å². The predicted molar refractivity (Wildman–Crippen MR) is 116 cm³/mol. The second kappa shape index (κ2) is 7.26. The van der Waals surface area contributed by atoms with Crippen molar-refractivity contribution in [3.05, 3.63) is 82.7 Å². The number of rotatable bonds is 3. The number of aromatic hydroxyl groups is 1. The van der Waals surface area contributed by atoms with E-state index in [1.165, 1.54) is 0 Å². The highest BCUT2D eigenvalue weighted by Crippen LogP contribution is 2.30. The molecule has 5 rings (SSSR count). The first-order valence-corrected chi connectivity index (χ1v) is 9.89. The molecule has 1 fully saturated rings. The third-order valence-electron chi connectivity index (χ3n) is 5.70. The number of fused-ring (bicyclic) bond motifs is 3. The highest BCUT2D eigenvalue weighted by molar-refractivity contribution is 6.07. The van der Waals surface area contributed by atoms with Crippen LogP contribution in [0.1, 0.15) is 5.56 Å². The number of hydrogen-bond acceptors (Lipinski definition) is 5. The molecule has 0 spiro atoms. The molecule has 0 atom stereocenters. The van der Waals surface area contributed by atoms with E-state index in [9.17, 15) is 9.90 Å². The fourth-order valence-corrected chi connectivity index (χ4v) is 4.26. The van der Waals surface area contributed by atoms with Gasteiger partial charge in [-0.2, -0.15) is 0 Å². The van der Waals surface area contributed by atoms with Gasteiger partial charge in [0, 0.05) is 44.2 Å². The quantitative estimate of drug-likeness (QED) is 0.426. The fraction of sp³-hybridized carbons (Fsp3) is 0.208. The van der Waals surface area contributed by atoms with E-state index in [-0.39, 0.29) is 5.63 Å². The molecule has 0 unspecified atom stereocenters. The molecular weight excluding hydrogens is 364 g/mol. The van der Waals surface area contributed by atoms with Gasteiger partial charge in [-0.1, -0.05) is 42.5 Å². The molecule has 2 heterocycles. The summed E-state index contributed by atoms with van der Waals surface area (Å²) in [5.41, 5.74) is 2.21. The molecule has 1 saturated heterocycles. The maximum absolute atomic E-state index is 12.1. The van der Waals surface area contributed by atoms with E-state index in [1.807, 2.05) is 42.5 Å². The minimum Gasteiger partial charge on any atom is -0.506 e. The summed E-state index contributed by atoms with van der Waals surface area (Å²) in [6.45, 7) is 4.09. The topological polar surface area (TPSA) is 56.9 Å². The smallest absolute Gasteiger partial charge is 0.336 e. The fourth-order valence-electron chi connectivity index (χ4n) is 4.26. The average molecular weight is 386 g/mol. The van der Waals surface area contributed by atoms with Crippen molar-refractivity contribution >= 4 is 27.4 Å². The highest BCUT2D eigenvalue weighted by atomic mass is 16.4. The van der Waals surface area contributed by atoms with Crippen LogP contribution in [0.3, 0.4) is 0 Å². The van der Waals surface area contributed by atoms with Crippen LogP contribution in [0.15, 0.2) is 75.9 Å². The Bertz CT molecular complexity index is 1240. The Morgan fingerprint density at radius 3 is 2.48 bits per heavy atom. The van der Waals surface area contributed by atoms with Crippen LogP contribution < -0.4 is 10.5 Å². The lowest BCUT2D eigenvalue weighted by Crippen LogP contribution is -2.46. The zero-order valence-corrected chi connectivity index (χ0v) is 16.0. The summed E-state index contributed by atoms with van der Waals surface area (Å²) in [4.78, 5) is 16.7. The first-order chi connectivity index (χ1) is 14.2. The Kier molecular flexibility index (Phi) is 4.45. The van der Waals surface area contributed by atoms with Crippen LogP contribution in [-0.2, 0) is 6.54 Å². The summed E-state index contributed by atoms with van der Waals surface area (Å²) in [6, 6.07) is 21.2. The van der Waals surface area contributed by atoms with Crippen LogP contribution in [0, 0.1) is 0 Å². The Labute approximate surface area is 168 Å². The van der Waals surface area contributed by atoms with Crippen molar-refractivity contribution in [1.29, 1.82) is 0 Å². The van der Waals surface area contributed by atoms with E-state index in [1.54, 1.807) is 12.1 Å². The SMILES string of the molecule is O=c1cc(CN2CCN(c3ccccc3O)CC2)c2c(ccc3ccccc32)o1. The molecule has 0 saturated carbocycles. The molecule has 1 aliphatic heterocycles. The van der Waals surface area contributed by atoms with E-state index in [0.717, 1.165) is 53.6 Å². The van der Waals surface area contributed by atoms with Crippen LogP contribution in [0.5, 0.6) is 5.75 Å². The van der Waals surface area contributed by atoms with Gasteiger partial charge < -0.3 is 14.4 Å². The molecule has 0 bridgehead atoms. The summed E-state index contributed by atoms with van der Waals surface area (Å²) in [6.07, 6.45) is 0. The number of phenols is 1. The lowest BCUT2D eigenvalue weighted by atomic mass is 10.0. The van der Waals surface area contributed by atoms with Gasteiger partial charge in [-0.25, -0.2) is 4.79 Å².